The number of aliphatic hydroxyl groups excluding tert-OH is 3. The summed E-state index contributed by atoms with van der Waals surface area (Å²) in [6, 6.07) is 0. The Bertz CT molecular complexity index is 1280. The molecule has 1 heterocycles. The Balaban J connectivity index is 0.000000259. The lowest BCUT2D eigenvalue weighted by atomic mass is 9.44. The molecule has 0 aliphatic heterocycles. The van der Waals surface area contributed by atoms with Gasteiger partial charge in [0.1, 0.15) is 24.9 Å². The maximum Gasteiger partial charge on any atom is 0.342 e. The number of carbonyl (C=O) groups excluding carboxylic acids is 2. The van der Waals surface area contributed by atoms with Gasteiger partial charge in [-0.05, 0) is 61.5 Å². The molecule has 4 aliphatic rings. The second-order valence-electron chi connectivity index (χ2n) is 12.0. The van der Waals surface area contributed by atoms with Crippen LogP contribution in [0.2, 0.25) is 0 Å². The van der Waals surface area contributed by atoms with Crippen LogP contribution in [0.3, 0.4) is 0 Å². The van der Waals surface area contributed by atoms with E-state index in [-0.39, 0.29) is 37.1 Å². The molecule has 0 amide bonds. The van der Waals surface area contributed by atoms with Gasteiger partial charge in [-0.15, -0.1) is 0 Å². The summed E-state index contributed by atoms with van der Waals surface area (Å²) >= 11 is 0. The molecule has 12 heteroatoms. The molecule has 4 aliphatic carbocycles. The maximum absolute atomic E-state index is 16.9. The third kappa shape index (κ3) is 4.02. The van der Waals surface area contributed by atoms with E-state index in [2.05, 4.69) is 4.98 Å². The van der Waals surface area contributed by atoms with Crippen LogP contribution in [0.15, 0.2) is 30.0 Å². The largest absolute Gasteiger partial charge is 0.392 e. The number of aromatic nitrogens is 2. The van der Waals surface area contributed by atoms with Gasteiger partial charge in [0.2, 0.25) is 0 Å². The van der Waals surface area contributed by atoms with Crippen molar-refractivity contribution in [3.05, 3.63) is 45.9 Å². The Kier molecular flexibility index (Phi) is 7.72. The Morgan fingerprint density at radius 1 is 1.30 bits per heavy atom. The van der Waals surface area contributed by atoms with E-state index >= 15 is 4.39 Å². The van der Waals surface area contributed by atoms with E-state index < -0.39 is 57.4 Å². The van der Waals surface area contributed by atoms with Crippen LogP contribution in [0.5, 0.6) is 0 Å². The van der Waals surface area contributed by atoms with Gasteiger partial charge in [-0.3, -0.25) is 9.59 Å². The minimum atomic E-state index is -1.98. The molecule has 1 aromatic heterocycles. The van der Waals surface area contributed by atoms with E-state index in [0.29, 0.717) is 30.7 Å². The van der Waals surface area contributed by atoms with Crippen molar-refractivity contribution >= 4 is 17.4 Å². The standard InChI is InChI=1S/C22H29FO5.C6H9N3O3/c1-12-8-16-15-5-4-13-9-14(25)6-7-19(13,2)21(15,23)17(26)10-20(16,3)22(12,28)18(27)11-24;1-5-7-4-6(9(11)12)8(5)2-3-10/h6-7,9,12,15-17,24,26,28H,4-5,8,10-11H2,1-3H3;4,10H,2-3H2,1H3/t12-,15+,16+,17+,19+,20+,21+,22+;/m1./s1. The fourth-order valence-corrected chi connectivity index (χ4v) is 8.24. The molecule has 5 rings (SSSR count). The third-order valence-electron chi connectivity index (χ3n) is 10.3. The quantitative estimate of drug-likeness (QED) is 0.308. The number of hydrogen-bond acceptors (Lipinski definition) is 9. The van der Waals surface area contributed by atoms with E-state index in [9.17, 15) is 35.0 Å². The fraction of sp³-hybridized carbons (Fsp3) is 0.679. The van der Waals surface area contributed by atoms with Crippen LogP contribution in [0.4, 0.5) is 10.2 Å². The highest BCUT2D eigenvalue weighted by Gasteiger charge is 2.75. The second kappa shape index (κ2) is 10.2. The SMILES string of the molecule is C[C@@H]1C[C@H]2[C@@H]3CCC4=CC(=O)C=C[C@]4(C)[C@@]3(F)[C@@H](O)C[C@]2(C)[C@@]1(O)C(=O)CO.Cc1ncc([N+](=O)[O-])n1CCO. The molecule has 0 aromatic carbocycles. The molecule has 220 valence electrons. The van der Waals surface area contributed by atoms with E-state index in [1.54, 1.807) is 33.8 Å². The number of rotatable bonds is 5. The molecule has 4 N–H and O–H groups in total. The normalized spacial score (nSPS) is 39.8. The number of nitro groups is 1. The number of halogens is 1. The number of aliphatic hydroxyl groups is 4. The molecule has 8 atom stereocenters. The number of Topliss-reactive ketones (excluding diaryl/α,β-unsaturated/α-hetero) is 1. The summed E-state index contributed by atoms with van der Waals surface area (Å²) in [7, 11) is 0. The average molecular weight is 564 g/mol. The summed E-state index contributed by atoms with van der Waals surface area (Å²) in [5.41, 5.74) is -5.17. The van der Waals surface area contributed by atoms with E-state index in [1.165, 1.54) is 22.9 Å². The van der Waals surface area contributed by atoms with Crippen LogP contribution in [-0.2, 0) is 16.1 Å². The average Bonchev–Trinajstić information content (AvgIpc) is 3.36. The first-order chi connectivity index (χ1) is 18.6. The highest BCUT2D eigenvalue weighted by atomic mass is 19.1. The Morgan fingerprint density at radius 2 is 1.98 bits per heavy atom. The topological polar surface area (TPSA) is 176 Å². The minimum absolute atomic E-state index is 0.0676. The first kappa shape index (κ1) is 30.2. The lowest BCUT2D eigenvalue weighted by molar-refractivity contribution is -0.392. The molecule has 3 fully saturated rings. The monoisotopic (exact) mass is 563 g/mol. The van der Waals surface area contributed by atoms with Gasteiger partial charge in [0.15, 0.2) is 23.1 Å². The Morgan fingerprint density at radius 3 is 2.58 bits per heavy atom. The lowest BCUT2D eigenvalue weighted by Gasteiger charge is -2.62. The van der Waals surface area contributed by atoms with E-state index in [4.69, 9.17) is 5.11 Å². The van der Waals surface area contributed by atoms with Crippen LogP contribution in [0.25, 0.3) is 0 Å². The molecular formula is C28H38FN3O8. The van der Waals surface area contributed by atoms with Crippen LogP contribution in [0, 0.1) is 45.6 Å². The van der Waals surface area contributed by atoms with Crippen molar-refractivity contribution < 1.29 is 39.3 Å². The first-order valence-corrected chi connectivity index (χ1v) is 13.6. The van der Waals surface area contributed by atoms with Gasteiger partial charge in [-0.25, -0.2) is 13.9 Å². The molecule has 0 saturated heterocycles. The summed E-state index contributed by atoms with van der Waals surface area (Å²) < 4.78 is 18.2. The molecule has 3 saturated carbocycles. The van der Waals surface area contributed by atoms with Crippen molar-refractivity contribution in [3.8, 4) is 0 Å². The number of ketones is 2. The van der Waals surface area contributed by atoms with E-state index in [1.807, 2.05) is 0 Å². The Hall–Kier alpha value is -2.80. The summed E-state index contributed by atoms with van der Waals surface area (Å²) in [6.45, 7) is 6.22. The number of hydrogen-bond donors (Lipinski definition) is 4. The highest BCUT2D eigenvalue weighted by molar-refractivity contribution is 6.01. The molecule has 0 unspecified atom stereocenters. The van der Waals surface area contributed by atoms with Crippen molar-refractivity contribution in [1.29, 1.82) is 0 Å². The molecule has 0 spiro atoms. The number of imidazole rings is 1. The summed E-state index contributed by atoms with van der Waals surface area (Å²) in [5, 5.41) is 50.9. The van der Waals surface area contributed by atoms with Gasteiger partial charge < -0.3 is 30.5 Å². The van der Waals surface area contributed by atoms with Crippen molar-refractivity contribution in [3.63, 3.8) is 0 Å². The Labute approximate surface area is 231 Å². The van der Waals surface area contributed by atoms with Gasteiger partial charge in [0.25, 0.3) is 0 Å². The molecule has 11 nitrogen and oxygen atoms in total. The smallest absolute Gasteiger partial charge is 0.342 e. The predicted molar refractivity (Wildman–Crippen MR) is 141 cm³/mol. The third-order valence-corrected chi connectivity index (χ3v) is 10.3. The number of allylic oxidation sites excluding steroid dienone is 4. The van der Waals surface area contributed by atoms with Crippen molar-refractivity contribution in [2.45, 2.75) is 77.3 Å². The summed E-state index contributed by atoms with van der Waals surface area (Å²) in [4.78, 5) is 38.0. The zero-order valence-electron chi connectivity index (χ0n) is 23.2. The van der Waals surface area contributed by atoms with Gasteiger partial charge in [0.05, 0.1) is 12.7 Å². The molecule has 0 bridgehead atoms. The zero-order chi connectivity index (χ0) is 29.8. The molecular weight excluding hydrogens is 525 g/mol. The van der Waals surface area contributed by atoms with Crippen molar-refractivity contribution in [1.82, 2.24) is 9.55 Å². The van der Waals surface area contributed by atoms with Crippen molar-refractivity contribution in [2.24, 2.45) is 28.6 Å². The number of nitrogens with zero attached hydrogens (tertiary/aromatic N) is 3. The van der Waals surface area contributed by atoms with Gasteiger partial charge >= 0.3 is 5.82 Å². The lowest BCUT2D eigenvalue weighted by Crippen LogP contribution is -2.69. The number of alkyl halides is 1. The van der Waals surface area contributed by atoms with E-state index in [0.717, 1.165) is 0 Å². The van der Waals surface area contributed by atoms with Crippen LogP contribution >= 0.6 is 0 Å². The summed E-state index contributed by atoms with van der Waals surface area (Å²) in [5.74, 6) is -1.66. The molecule has 1 aromatic rings. The summed E-state index contributed by atoms with van der Waals surface area (Å²) in [6.07, 6.45) is 5.62. The van der Waals surface area contributed by atoms with Crippen LogP contribution < -0.4 is 0 Å². The number of carbonyl (C=O) groups is 2. The van der Waals surface area contributed by atoms with Gasteiger partial charge in [0, 0.05) is 23.7 Å². The van der Waals surface area contributed by atoms with Crippen LogP contribution in [0.1, 0.15) is 52.3 Å². The highest BCUT2D eigenvalue weighted by Crippen LogP contribution is 2.70. The predicted octanol–water partition coefficient (Wildman–Crippen LogP) is 1.99. The van der Waals surface area contributed by atoms with Gasteiger partial charge in [-0.2, -0.15) is 0 Å². The number of fused-ring (bicyclic) bond motifs is 5. The molecule has 0 radical (unpaired) electrons. The number of aryl methyl sites for hydroxylation is 1. The van der Waals surface area contributed by atoms with Gasteiger partial charge in [-0.1, -0.05) is 25.5 Å². The van der Waals surface area contributed by atoms with Crippen LogP contribution in [-0.4, -0.2) is 77.1 Å². The van der Waals surface area contributed by atoms with Crippen molar-refractivity contribution in [2.75, 3.05) is 13.2 Å². The maximum atomic E-state index is 16.9. The second-order valence-corrected chi connectivity index (χ2v) is 12.0. The zero-order valence-corrected chi connectivity index (χ0v) is 23.2. The molecule has 40 heavy (non-hydrogen) atoms. The first-order valence-electron chi connectivity index (χ1n) is 13.6. The fourth-order valence-electron chi connectivity index (χ4n) is 8.24. The minimum Gasteiger partial charge on any atom is -0.392 e.